The zero-order valence-corrected chi connectivity index (χ0v) is 23.3. The van der Waals surface area contributed by atoms with Gasteiger partial charge in [0.05, 0.1) is 34.7 Å². The Labute approximate surface area is 238 Å². The minimum atomic E-state index is -0.519. The van der Waals surface area contributed by atoms with Gasteiger partial charge in [-0.15, -0.1) is 0 Å². The van der Waals surface area contributed by atoms with Crippen molar-refractivity contribution in [1.29, 1.82) is 0 Å². The number of halogens is 2. The van der Waals surface area contributed by atoms with Crippen LogP contribution in [-0.4, -0.2) is 65.0 Å². The van der Waals surface area contributed by atoms with Crippen LogP contribution in [0.25, 0.3) is 10.8 Å². The van der Waals surface area contributed by atoms with Crippen LogP contribution >= 0.6 is 27.5 Å². The monoisotopic (exact) mass is 615 g/mol. The number of likely N-dealkylation sites (tertiary alicyclic amines) is 1. The number of hydrogen-bond acceptors (Lipinski definition) is 7. The number of carbonyl (C=O) groups is 2. The van der Waals surface area contributed by atoms with E-state index in [1.54, 1.807) is 35.4 Å². The van der Waals surface area contributed by atoms with E-state index in [0.29, 0.717) is 46.6 Å². The van der Waals surface area contributed by atoms with Crippen molar-refractivity contribution in [1.82, 2.24) is 15.2 Å². The second kappa shape index (κ2) is 11.8. The van der Waals surface area contributed by atoms with Crippen molar-refractivity contribution in [2.75, 3.05) is 31.6 Å². The summed E-state index contributed by atoms with van der Waals surface area (Å²) in [5.74, 6) is -0.609. The van der Waals surface area contributed by atoms with Gasteiger partial charge in [0.25, 0.3) is 17.5 Å². The molecule has 3 heterocycles. The topological polar surface area (TPSA) is 127 Å². The Morgan fingerprint density at radius 3 is 2.67 bits per heavy atom. The third-order valence-corrected chi connectivity index (χ3v) is 7.81. The highest BCUT2D eigenvalue weighted by Crippen LogP contribution is 2.35. The number of ether oxygens (including phenoxy) is 1. The maximum atomic E-state index is 13.5. The summed E-state index contributed by atoms with van der Waals surface area (Å²) in [6.45, 7) is 1.82. The van der Waals surface area contributed by atoms with Crippen molar-refractivity contribution < 1.29 is 19.2 Å². The van der Waals surface area contributed by atoms with Gasteiger partial charge in [0, 0.05) is 53.0 Å². The summed E-state index contributed by atoms with van der Waals surface area (Å²) in [5, 5.41) is 20.3. The first-order chi connectivity index (χ1) is 18.8. The molecule has 3 aromatic rings. The van der Waals surface area contributed by atoms with Crippen LogP contribution in [-0.2, 0) is 4.74 Å². The van der Waals surface area contributed by atoms with Crippen molar-refractivity contribution >= 4 is 61.5 Å². The highest BCUT2D eigenvalue weighted by Gasteiger charge is 2.33. The predicted molar refractivity (Wildman–Crippen MR) is 151 cm³/mol. The van der Waals surface area contributed by atoms with E-state index in [2.05, 4.69) is 31.5 Å². The number of piperidine rings is 1. The summed E-state index contributed by atoms with van der Waals surface area (Å²) in [4.78, 5) is 44.4. The second-order valence-electron chi connectivity index (χ2n) is 9.70. The molecule has 0 radical (unpaired) electrons. The minimum Gasteiger partial charge on any atom is -0.379 e. The Morgan fingerprint density at radius 1 is 1.10 bits per heavy atom. The molecule has 2 atom stereocenters. The molecule has 0 spiro atoms. The number of nitrogens with one attached hydrogen (secondary N) is 2. The number of hydrogen-bond donors (Lipinski definition) is 2. The second-order valence-corrected chi connectivity index (χ2v) is 11.1. The van der Waals surface area contributed by atoms with Gasteiger partial charge in [0.1, 0.15) is 5.69 Å². The molecular weight excluding hydrogens is 590 g/mol. The molecule has 0 aliphatic carbocycles. The molecule has 204 valence electrons. The third kappa shape index (κ3) is 6.00. The molecule has 39 heavy (non-hydrogen) atoms. The molecule has 2 amide bonds. The van der Waals surface area contributed by atoms with Crippen LogP contribution in [0.1, 0.15) is 46.4 Å². The van der Waals surface area contributed by atoms with Crippen LogP contribution in [0.2, 0.25) is 5.02 Å². The molecule has 2 aliphatic rings. The quantitative estimate of drug-likeness (QED) is 0.289. The number of anilines is 1. The largest absolute Gasteiger partial charge is 0.379 e. The van der Waals surface area contributed by atoms with Gasteiger partial charge in [-0.3, -0.25) is 24.7 Å². The Morgan fingerprint density at radius 2 is 1.90 bits per heavy atom. The number of nitrogens with zero attached hydrogens (tertiary/aromatic N) is 3. The molecule has 0 saturated carbocycles. The minimum absolute atomic E-state index is 0.145. The lowest BCUT2D eigenvalue weighted by atomic mass is 10.00. The number of carbonyl (C=O) groups excluding carboxylic acids is 2. The van der Waals surface area contributed by atoms with E-state index < -0.39 is 17.0 Å². The number of aromatic nitrogens is 1. The van der Waals surface area contributed by atoms with Gasteiger partial charge >= 0.3 is 0 Å². The van der Waals surface area contributed by atoms with Gasteiger partial charge in [-0.05, 0) is 49.3 Å². The summed E-state index contributed by atoms with van der Waals surface area (Å²) in [5.41, 5.74) is 0.538. The molecule has 2 aliphatic heterocycles. The van der Waals surface area contributed by atoms with E-state index >= 15 is 0 Å². The first-order valence-electron chi connectivity index (χ1n) is 12.8. The van der Waals surface area contributed by atoms with Gasteiger partial charge in [0.2, 0.25) is 0 Å². The molecule has 2 fully saturated rings. The average Bonchev–Trinajstić information content (AvgIpc) is 2.94. The molecule has 0 bridgehead atoms. The molecule has 12 heteroatoms. The van der Waals surface area contributed by atoms with E-state index in [-0.39, 0.29) is 35.4 Å². The van der Waals surface area contributed by atoms with Crippen LogP contribution in [0.15, 0.2) is 47.2 Å². The number of amides is 2. The van der Waals surface area contributed by atoms with Gasteiger partial charge in [-0.1, -0.05) is 33.6 Å². The van der Waals surface area contributed by atoms with E-state index in [4.69, 9.17) is 16.3 Å². The standard InChI is InChI=1S/C27H27BrClN5O5/c28-17-11-20(27(36)33-7-2-1-3-8-33)25(24(12-17)34(37)38)31-22-6-9-39-15-23(22)32-26(35)21-14-30-13-16-10-18(29)4-5-19(16)21/h4-5,10-14,22-23,31H,1-3,6-9,15H2,(H,32,35)/t22-,23+/m1/s1. The number of benzene rings is 2. The van der Waals surface area contributed by atoms with Gasteiger partial charge in [-0.2, -0.15) is 0 Å². The van der Waals surface area contributed by atoms with Gasteiger partial charge < -0.3 is 20.3 Å². The van der Waals surface area contributed by atoms with Crippen LogP contribution in [0.3, 0.4) is 0 Å². The highest BCUT2D eigenvalue weighted by atomic mass is 79.9. The van der Waals surface area contributed by atoms with Crippen LogP contribution < -0.4 is 10.6 Å². The summed E-state index contributed by atoms with van der Waals surface area (Å²) >= 11 is 9.43. The van der Waals surface area contributed by atoms with E-state index in [1.807, 2.05) is 0 Å². The Kier molecular flexibility index (Phi) is 8.29. The molecule has 2 aromatic carbocycles. The Balaban J connectivity index is 1.44. The number of nitro benzene ring substituents is 1. The van der Waals surface area contributed by atoms with Crippen LogP contribution in [0.4, 0.5) is 11.4 Å². The number of fused-ring (bicyclic) bond motifs is 1. The lowest BCUT2D eigenvalue weighted by molar-refractivity contribution is -0.384. The highest BCUT2D eigenvalue weighted by molar-refractivity contribution is 9.10. The molecular formula is C27H27BrClN5O5. The summed E-state index contributed by atoms with van der Waals surface area (Å²) in [6, 6.07) is 7.28. The average molecular weight is 617 g/mol. The Bertz CT molecular complexity index is 1430. The third-order valence-electron chi connectivity index (χ3n) is 7.12. The lowest BCUT2D eigenvalue weighted by Crippen LogP contribution is -2.52. The number of pyridine rings is 1. The SMILES string of the molecule is O=C(N[C@H]1COCC[C@H]1Nc1c(C(=O)N2CCCCC2)cc(Br)cc1[N+](=O)[O-])c1cncc2cc(Cl)ccc12. The predicted octanol–water partition coefficient (Wildman–Crippen LogP) is 5.18. The van der Waals surface area contributed by atoms with E-state index in [1.165, 1.54) is 12.3 Å². The van der Waals surface area contributed by atoms with Gasteiger partial charge in [0.15, 0.2) is 0 Å². The molecule has 2 saturated heterocycles. The number of nitro groups is 1. The maximum Gasteiger partial charge on any atom is 0.294 e. The fraction of sp³-hybridized carbons (Fsp3) is 0.370. The molecule has 2 N–H and O–H groups in total. The smallest absolute Gasteiger partial charge is 0.294 e. The van der Waals surface area contributed by atoms with Gasteiger partial charge in [-0.25, -0.2) is 0 Å². The fourth-order valence-corrected chi connectivity index (χ4v) is 5.76. The maximum absolute atomic E-state index is 13.5. The van der Waals surface area contributed by atoms with E-state index in [0.717, 1.165) is 24.6 Å². The summed E-state index contributed by atoms with van der Waals surface area (Å²) in [6.07, 6.45) is 6.45. The fourth-order valence-electron chi connectivity index (χ4n) is 5.14. The van der Waals surface area contributed by atoms with E-state index in [9.17, 15) is 19.7 Å². The summed E-state index contributed by atoms with van der Waals surface area (Å²) < 4.78 is 6.10. The first-order valence-corrected chi connectivity index (χ1v) is 13.9. The molecule has 10 nitrogen and oxygen atoms in total. The van der Waals surface area contributed by atoms with Crippen molar-refractivity contribution in [2.24, 2.45) is 0 Å². The van der Waals surface area contributed by atoms with Crippen molar-refractivity contribution in [3.05, 3.63) is 73.5 Å². The molecule has 0 unspecified atom stereocenters. The summed E-state index contributed by atoms with van der Waals surface area (Å²) in [7, 11) is 0. The van der Waals surface area contributed by atoms with Crippen LogP contribution in [0.5, 0.6) is 0 Å². The first kappa shape index (κ1) is 27.3. The van der Waals surface area contributed by atoms with Crippen molar-refractivity contribution in [3.8, 4) is 0 Å². The lowest BCUT2D eigenvalue weighted by Gasteiger charge is -2.34. The Hall–Kier alpha value is -3.28. The molecule has 5 rings (SSSR count). The zero-order valence-electron chi connectivity index (χ0n) is 21.0. The van der Waals surface area contributed by atoms with Crippen molar-refractivity contribution in [3.63, 3.8) is 0 Å². The molecule has 1 aromatic heterocycles. The van der Waals surface area contributed by atoms with Crippen molar-refractivity contribution in [2.45, 2.75) is 37.8 Å². The number of rotatable bonds is 6. The van der Waals surface area contributed by atoms with Crippen LogP contribution in [0, 0.1) is 10.1 Å². The normalized spacial score (nSPS) is 19.5. The zero-order chi connectivity index (χ0) is 27.5.